The summed E-state index contributed by atoms with van der Waals surface area (Å²) in [6, 6.07) is 45.7. The molecule has 1 unspecified atom stereocenters. The minimum atomic E-state index is -0.120. The largest absolute Gasteiger partial charge is 0.309 e. The predicted octanol–water partition coefficient (Wildman–Crippen LogP) is 13.1. The number of aromatic nitrogens is 1. The molecule has 0 amide bonds. The van der Waals surface area contributed by atoms with E-state index in [4.69, 9.17) is 0 Å². The van der Waals surface area contributed by atoms with Crippen LogP contribution in [-0.4, -0.2) is 4.57 Å². The van der Waals surface area contributed by atoms with Gasteiger partial charge in [-0.1, -0.05) is 118 Å². The Hall–Kier alpha value is -5.18. The van der Waals surface area contributed by atoms with E-state index >= 15 is 0 Å². The van der Waals surface area contributed by atoms with E-state index in [0.717, 1.165) is 6.42 Å². The maximum Gasteiger partial charge on any atom is 0.0541 e. The van der Waals surface area contributed by atoms with Crippen molar-refractivity contribution in [2.24, 2.45) is 5.92 Å². The van der Waals surface area contributed by atoms with Crippen LogP contribution in [0.15, 0.2) is 140 Å². The fraction of sp³-hybridized carbons (Fsp3) is 0.130. The highest BCUT2D eigenvalue weighted by atomic mass is 32.1. The summed E-state index contributed by atoms with van der Waals surface area (Å²) in [5, 5.41) is 5.34. The molecule has 0 N–H and O–H groups in total. The third-order valence-corrected chi connectivity index (χ3v) is 12.2. The number of allylic oxidation sites excluding steroid dienone is 4. The van der Waals surface area contributed by atoms with Gasteiger partial charge in [-0.3, -0.25) is 0 Å². The van der Waals surface area contributed by atoms with E-state index in [-0.39, 0.29) is 5.41 Å². The van der Waals surface area contributed by atoms with Gasteiger partial charge >= 0.3 is 0 Å². The molecule has 8 aromatic rings. The molecule has 2 aliphatic carbocycles. The second-order valence-corrected chi connectivity index (χ2v) is 15.2. The molecule has 6 aromatic carbocycles. The summed E-state index contributed by atoms with van der Waals surface area (Å²) in [4.78, 5) is 0. The van der Waals surface area contributed by atoms with Crippen molar-refractivity contribution in [2.45, 2.75) is 32.6 Å². The Morgan fingerprint density at radius 2 is 1.38 bits per heavy atom. The van der Waals surface area contributed by atoms with Crippen molar-refractivity contribution in [2.75, 3.05) is 0 Å². The number of thiophene rings is 1. The van der Waals surface area contributed by atoms with E-state index in [9.17, 15) is 0 Å². The van der Waals surface area contributed by atoms with E-state index in [2.05, 4.69) is 165 Å². The van der Waals surface area contributed by atoms with Gasteiger partial charge in [-0.2, -0.15) is 0 Å². The Kier molecular flexibility index (Phi) is 5.90. The summed E-state index contributed by atoms with van der Waals surface area (Å²) < 4.78 is 5.29. The number of fused-ring (bicyclic) bond motifs is 10. The normalized spacial score (nSPS) is 16.6. The molecule has 2 aromatic heterocycles. The number of hydrogen-bond donors (Lipinski definition) is 0. The monoisotopic (exact) mass is 633 g/mol. The summed E-state index contributed by atoms with van der Waals surface area (Å²) >= 11 is 1.94. The summed E-state index contributed by atoms with van der Waals surface area (Å²) in [6.45, 7) is 7.18. The minimum Gasteiger partial charge on any atom is -0.309 e. The molecule has 2 heterocycles. The smallest absolute Gasteiger partial charge is 0.0541 e. The SMILES string of the molecule is CC1CC=CC=C1c1ccc2c(c1)c1cc(-c3ccccc3)ccc1n2-c1ccc2c(c1)C(C)(C)c1c-2ccc2c1sc1ccccc12. The van der Waals surface area contributed by atoms with Crippen LogP contribution < -0.4 is 0 Å². The number of hydrogen-bond acceptors (Lipinski definition) is 1. The lowest BCUT2D eigenvalue weighted by Crippen LogP contribution is -2.15. The van der Waals surface area contributed by atoms with Crippen LogP contribution in [0.25, 0.3) is 75.5 Å². The lowest BCUT2D eigenvalue weighted by molar-refractivity contribution is 0.666. The molecule has 10 rings (SSSR count). The molecule has 0 aliphatic heterocycles. The summed E-state index contributed by atoms with van der Waals surface area (Å²) in [5.74, 6) is 0.508. The topological polar surface area (TPSA) is 4.93 Å². The first kappa shape index (κ1) is 27.9. The molecule has 0 saturated carbocycles. The average molecular weight is 634 g/mol. The van der Waals surface area contributed by atoms with Crippen molar-refractivity contribution >= 4 is 58.9 Å². The Balaban J connectivity index is 1.20. The molecule has 2 aliphatic rings. The first-order valence-electron chi connectivity index (χ1n) is 17.1. The number of rotatable bonds is 3. The molecule has 48 heavy (non-hydrogen) atoms. The molecule has 230 valence electrons. The van der Waals surface area contributed by atoms with Crippen molar-refractivity contribution in [3.63, 3.8) is 0 Å². The van der Waals surface area contributed by atoms with Gasteiger partial charge in [0.05, 0.1) is 11.0 Å². The molecular formula is C46H35NS. The van der Waals surface area contributed by atoms with Crippen molar-refractivity contribution in [3.05, 3.63) is 156 Å². The highest BCUT2D eigenvalue weighted by Crippen LogP contribution is 2.54. The van der Waals surface area contributed by atoms with E-state index in [0.29, 0.717) is 5.92 Å². The first-order valence-corrected chi connectivity index (χ1v) is 17.9. The fourth-order valence-electron chi connectivity index (χ4n) is 8.61. The predicted molar refractivity (Wildman–Crippen MR) is 208 cm³/mol. The van der Waals surface area contributed by atoms with E-state index < -0.39 is 0 Å². The highest BCUT2D eigenvalue weighted by Gasteiger charge is 2.38. The van der Waals surface area contributed by atoms with Crippen molar-refractivity contribution in [1.29, 1.82) is 0 Å². The van der Waals surface area contributed by atoms with Crippen LogP contribution in [0.3, 0.4) is 0 Å². The molecule has 0 fully saturated rings. The third kappa shape index (κ3) is 3.90. The summed E-state index contributed by atoms with van der Waals surface area (Å²) in [5.41, 5.74) is 14.4. The van der Waals surface area contributed by atoms with Crippen LogP contribution in [0.4, 0.5) is 0 Å². The molecule has 2 heteroatoms. The maximum atomic E-state index is 2.50. The van der Waals surface area contributed by atoms with Crippen LogP contribution in [0.5, 0.6) is 0 Å². The van der Waals surface area contributed by atoms with Gasteiger partial charge in [-0.05, 0) is 99.3 Å². The van der Waals surface area contributed by atoms with Crippen LogP contribution in [0, 0.1) is 5.92 Å². The quantitative estimate of drug-likeness (QED) is 0.182. The van der Waals surface area contributed by atoms with Crippen LogP contribution in [-0.2, 0) is 5.41 Å². The van der Waals surface area contributed by atoms with Gasteiger partial charge < -0.3 is 4.57 Å². The maximum absolute atomic E-state index is 2.50. The zero-order valence-electron chi connectivity index (χ0n) is 27.4. The average Bonchev–Trinajstić information content (AvgIpc) is 3.73. The van der Waals surface area contributed by atoms with Crippen molar-refractivity contribution in [1.82, 2.24) is 4.57 Å². The minimum absolute atomic E-state index is 0.120. The second kappa shape index (κ2) is 10.2. The Labute approximate surface area is 285 Å². The Bertz CT molecular complexity index is 2680. The molecule has 1 nitrogen and oxygen atoms in total. The lowest BCUT2D eigenvalue weighted by Gasteiger charge is -2.23. The fourth-order valence-corrected chi connectivity index (χ4v) is 10.0. The standard InChI is InChI=1S/C46H35NS/c1-28-11-7-8-14-33(28)31-18-24-42-39(26-31)38-25-30(29-12-5-4-6-13-29)17-23-41(38)47(42)32-19-20-34-36-21-22-37-35-15-9-10-16-43(35)48-45(37)44(36)46(2,3)40(34)27-32/h4-10,12-28H,11H2,1-3H3. The zero-order valence-corrected chi connectivity index (χ0v) is 28.2. The van der Waals surface area contributed by atoms with Crippen LogP contribution >= 0.6 is 11.3 Å². The molecule has 0 spiro atoms. The van der Waals surface area contributed by atoms with Gasteiger partial charge in [0.25, 0.3) is 0 Å². The van der Waals surface area contributed by atoms with Gasteiger partial charge in [0.2, 0.25) is 0 Å². The molecule has 1 atom stereocenters. The second-order valence-electron chi connectivity index (χ2n) is 14.2. The van der Waals surface area contributed by atoms with E-state index in [1.807, 2.05) is 11.3 Å². The number of benzene rings is 6. The summed E-state index contributed by atoms with van der Waals surface area (Å²) in [7, 11) is 0. The van der Waals surface area contributed by atoms with Crippen LogP contribution in [0.2, 0.25) is 0 Å². The van der Waals surface area contributed by atoms with E-state index in [1.165, 1.54) is 92.2 Å². The van der Waals surface area contributed by atoms with Gasteiger partial charge in [0.1, 0.15) is 0 Å². The van der Waals surface area contributed by atoms with Gasteiger partial charge in [-0.25, -0.2) is 0 Å². The molecular weight excluding hydrogens is 599 g/mol. The zero-order chi connectivity index (χ0) is 32.1. The lowest BCUT2D eigenvalue weighted by atomic mass is 9.82. The first-order chi connectivity index (χ1) is 23.5. The molecule has 0 saturated heterocycles. The molecule has 0 radical (unpaired) electrons. The third-order valence-electron chi connectivity index (χ3n) is 11.0. The van der Waals surface area contributed by atoms with Gasteiger partial charge in [0.15, 0.2) is 0 Å². The van der Waals surface area contributed by atoms with Gasteiger partial charge in [-0.15, -0.1) is 11.3 Å². The van der Waals surface area contributed by atoms with Crippen LogP contribution in [0.1, 0.15) is 43.9 Å². The molecule has 0 bridgehead atoms. The van der Waals surface area contributed by atoms with Crippen molar-refractivity contribution < 1.29 is 0 Å². The Morgan fingerprint density at radius 1 is 0.646 bits per heavy atom. The Morgan fingerprint density at radius 3 is 2.19 bits per heavy atom. The van der Waals surface area contributed by atoms with Gasteiger partial charge in [0, 0.05) is 42.0 Å². The van der Waals surface area contributed by atoms with Crippen molar-refractivity contribution in [3.8, 4) is 27.9 Å². The van der Waals surface area contributed by atoms with E-state index in [1.54, 1.807) is 0 Å². The summed E-state index contributed by atoms with van der Waals surface area (Å²) in [6.07, 6.45) is 7.89. The highest BCUT2D eigenvalue weighted by molar-refractivity contribution is 7.26. The number of nitrogens with zero attached hydrogens (tertiary/aromatic N) is 1.